The molecule has 1 aliphatic rings. The van der Waals surface area contributed by atoms with E-state index in [4.69, 9.17) is 4.84 Å². The molecule has 0 aromatic carbocycles. The highest BCUT2D eigenvalue weighted by Crippen LogP contribution is 2.33. The van der Waals surface area contributed by atoms with Gasteiger partial charge in [0.2, 0.25) is 0 Å². The Morgan fingerprint density at radius 2 is 2.00 bits per heavy atom. The minimum absolute atomic E-state index is 0.0691. The quantitative estimate of drug-likeness (QED) is 0.475. The van der Waals surface area contributed by atoms with Gasteiger partial charge in [-0.2, -0.15) is 5.10 Å². The van der Waals surface area contributed by atoms with Crippen LogP contribution < -0.4 is 0 Å². The number of hydrogen-bond donors (Lipinski definition) is 0. The zero-order valence-electron chi connectivity index (χ0n) is 13.6. The number of ketones is 2. The van der Waals surface area contributed by atoms with Crippen molar-refractivity contribution in [2.45, 2.75) is 46.0 Å². The molecule has 0 bridgehead atoms. The zero-order valence-corrected chi connectivity index (χ0v) is 13.6. The minimum Gasteiger partial charge on any atom is -0.396 e. The summed E-state index contributed by atoms with van der Waals surface area (Å²) in [6.45, 7) is 6.04. The Hall–Kier alpha value is -1.98. The first kappa shape index (κ1) is 16.4. The first-order chi connectivity index (χ1) is 10.5. The van der Waals surface area contributed by atoms with Crippen LogP contribution in [0.5, 0.6) is 0 Å². The topological polar surface area (TPSA) is 73.5 Å². The standard InChI is InChI=1S/C16H23N3O3/c1-5-12(18-22-6-2)16-14(20)8-11(9-15(16)21)13-7-10(3)17-19(13)4/h7,11,16H,5-6,8-9H2,1-4H3. The second-order valence-electron chi connectivity index (χ2n) is 5.66. The summed E-state index contributed by atoms with van der Waals surface area (Å²) in [4.78, 5) is 30.0. The Labute approximate surface area is 130 Å². The predicted octanol–water partition coefficient (Wildman–Crippen LogP) is 2.16. The summed E-state index contributed by atoms with van der Waals surface area (Å²) in [5, 5.41) is 8.26. The van der Waals surface area contributed by atoms with Crippen molar-refractivity contribution >= 4 is 17.3 Å². The van der Waals surface area contributed by atoms with Crippen LogP contribution in [0, 0.1) is 12.8 Å². The summed E-state index contributed by atoms with van der Waals surface area (Å²) in [6, 6.07) is 1.95. The van der Waals surface area contributed by atoms with Crippen LogP contribution in [0.2, 0.25) is 0 Å². The average Bonchev–Trinajstić information content (AvgIpc) is 2.80. The summed E-state index contributed by atoms with van der Waals surface area (Å²) in [6.07, 6.45) is 1.23. The summed E-state index contributed by atoms with van der Waals surface area (Å²) in [7, 11) is 1.84. The first-order valence-corrected chi connectivity index (χ1v) is 7.72. The summed E-state index contributed by atoms with van der Waals surface area (Å²) in [5.41, 5.74) is 2.38. The SMILES string of the molecule is CCON=C(CC)C1C(=O)CC(c2cc(C)nn2C)CC1=O. The Morgan fingerprint density at radius 1 is 1.36 bits per heavy atom. The number of nitrogens with zero attached hydrogens (tertiary/aromatic N) is 3. The molecule has 0 aliphatic heterocycles. The number of carbonyl (C=O) groups is 2. The van der Waals surface area contributed by atoms with Crippen LogP contribution in [0.25, 0.3) is 0 Å². The molecule has 0 atom stereocenters. The van der Waals surface area contributed by atoms with Gasteiger partial charge in [-0.1, -0.05) is 12.1 Å². The highest BCUT2D eigenvalue weighted by atomic mass is 16.6. The maximum Gasteiger partial charge on any atom is 0.149 e. The van der Waals surface area contributed by atoms with Crippen molar-refractivity contribution in [3.05, 3.63) is 17.5 Å². The van der Waals surface area contributed by atoms with Gasteiger partial charge in [0.25, 0.3) is 0 Å². The molecule has 22 heavy (non-hydrogen) atoms. The van der Waals surface area contributed by atoms with Gasteiger partial charge in [-0.3, -0.25) is 14.3 Å². The fourth-order valence-electron chi connectivity index (χ4n) is 3.04. The van der Waals surface area contributed by atoms with Gasteiger partial charge in [-0.25, -0.2) is 0 Å². The van der Waals surface area contributed by atoms with Crippen molar-refractivity contribution in [2.24, 2.45) is 18.1 Å². The van der Waals surface area contributed by atoms with Gasteiger partial charge in [0.1, 0.15) is 24.1 Å². The number of carbonyl (C=O) groups excluding carboxylic acids is 2. The van der Waals surface area contributed by atoms with E-state index in [1.807, 2.05) is 33.9 Å². The van der Waals surface area contributed by atoms with E-state index in [1.54, 1.807) is 4.68 Å². The number of oxime groups is 1. The monoisotopic (exact) mass is 305 g/mol. The van der Waals surface area contributed by atoms with Crippen molar-refractivity contribution in [1.82, 2.24) is 9.78 Å². The van der Waals surface area contributed by atoms with E-state index in [2.05, 4.69) is 10.3 Å². The molecular formula is C16H23N3O3. The molecular weight excluding hydrogens is 282 g/mol. The second-order valence-corrected chi connectivity index (χ2v) is 5.66. The molecule has 1 aromatic heterocycles. The molecule has 0 amide bonds. The molecule has 0 N–H and O–H groups in total. The van der Waals surface area contributed by atoms with Gasteiger partial charge in [-0.15, -0.1) is 0 Å². The molecule has 6 heteroatoms. The van der Waals surface area contributed by atoms with Gasteiger partial charge in [0.05, 0.1) is 11.4 Å². The van der Waals surface area contributed by atoms with Crippen LogP contribution in [-0.4, -0.2) is 33.7 Å². The van der Waals surface area contributed by atoms with E-state index in [0.29, 0.717) is 31.6 Å². The van der Waals surface area contributed by atoms with Crippen molar-refractivity contribution in [1.29, 1.82) is 0 Å². The first-order valence-electron chi connectivity index (χ1n) is 7.72. The Morgan fingerprint density at radius 3 is 2.45 bits per heavy atom. The molecule has 1 saturated carbocycles. The Kier molecular flexibility index (Phi) is 5.11. The summed E-state index contributed by atoms with van der Waals surface area (Å²) < 4.78 is 1.76. The van der Waals surface area contributed by atoms with Gasteiger partial charge in [0.15, 0.2) is 0 Å². The molecule has 0 saturated heterocycles. The van der Waals surface area contributed by atoms with Crippen LogP contribution >= 0.6 is 0 Å². The van der Waals surface area contributed by atoms with Crippen molar-refractivity contribution in [3.8, 4) is 0 Å². The van der Waals surface area contributed by atoms with E-state index in [9.17, 15) is 9.59 Å². The largest absolute Gasteiger partial charge is 0.396 e. The van der Waals surface area contributed by atoms with Crippen LogP contribution in [0.3, 0.4) is 0 Å². The van der Waals surface area contributed by atoms with Gasteiger partial charge >= 0.3 is 0 Å². The lowest BCUT2D eigenvalue weighted by Crippen LogP contribution is -2.38. The van der Waals surface area contributed by atoms with E-state index in [-0.39, 0.29) is 17.5 Å². The third kappa shape index (κ3) is 3.26. The molecule has 1 aromatic rings. The molecule has 1 heterocycles. The second kappa shape index (κ2) is 6.85. The van der Waals surface area contributed by atoms with Gasteiger partial charge < -0.3 is 4.84 Å². The number of hydrogen-bond acceptors (Lipinski definition) is 5. The van der Waals surface area contributed by atoms with E-state index < -0.39 is 5.92 Å². The van der Waals surface area contributed by atoms with E-state index >= 15 is 0 Å². The highest BCUT2D eigenvalue weighted by Gasteiger charge is 2.39. The summed E-state index contributed by atoms with van der Waals surface area (Å²) >= 11 is 0. The third-order valence-corrected chi connectivity index (χ3v) is 4.00. The average molecular weight is 305 g/mol. The zero-order chi connectivity index (χ0) is 16.3. The molecule has 0 unspecified atom stereocenters. The maximum absolute atomic E-state index is 12.5. The Balaban J connectivity index is 2.20. The van der Waals surface area contributed by atoms with E-state index in [1.165, 1.54) is 0 Å². The van der Waals surface area contributed by atoms with Crippen molar-refractivity contribution in [3.63, 3.8) is 0 Å². The normalized spacial score (nSPS) is 23.0. The molecule has 2 rings (SSSR count). The highest BCUT2D eigenvalue weighted by molar-refractivity contribution is 6.22. The molecule has 0 spiro atoms. The fourth-order valence-corrected chi connectivity index (χ4v) is 3.04. The number of aromatic nitrogens is 2. The van der Waals surface area contributed by atoms with E-state index in [0.717, 1.165) is 11.4 Å². The predicted molar refractivity (Wildman–Crippen MR) is 82.8 cm³/mol. The van der Waals surface area contributed by atoms with Crippen LogP contribution in [0.1, 0.15) is 50.4 Å². The van der Waals surface area contributed by atoms with Crippen molar-refractivity contribution < 1.29 is 14.4 Å². The molecule has 120 valence electrons. The maximum atomic E-state index is 12.5. The fraction of sp³-hybridized carbons (Fsp3) is 0.625. The van der Waals surface area contributed by atoms with Crippen LogP contribution in [-0.2, 0) is 21.5 Å². The van der Waals surface area contributed by atoms with Crippen LogP contribution in [0.4, 0.5) is 0 Å². The lowest BCUT2D eigenvalue weighted by atomic mass is 9.76. The van der Waals surface area contributed by atoms with Gasteiger partial charge in [-0.05, 0) is 26.3 Å². The summed E-state index contributed by atoms with van der Waals surface area (Å²) in [5.74, 6) is -0.962. The number of Topliss-reactive ketones (excluding diaryl/α,β-unsaturated/α-hetero) is 2. The lowest BCUT2D eigenvalue weighted by Gasteiger charge is -2.26. The van der Waals surface area contributed by atoms with Gasteiger partial charge in [0, 0.05) is 31.5 Å². The molecule has 1 fully saturated rings. The lowest BCUT2D eigenvalue weighted by molar-refractivity contribution is -0.133. The van der Waals surface area contributed by atoms with Crippen LogP contribution in [0.15, 0.2) is 11.2 Å². The number of aryl methyl sites for hydroxylation is 2. The smallest absolute Gasteiger partial charge is 0.149 e. The van der Waals surface area contributed by atoms with Crippen molar-refractivity contribution in [2.75, 3.05) is 6.61 Å². The molecule has 6 nitrogen and oxygen atoms in total. The minimum atomic E-state index is -0.734. The third-order valence-electron chi connectivity index (χ3n) is 4.00. The molecule has 1 aliphatic carbocycles. The Bertz CT molecular complexity index is 586. The molecule has 0 radical (unpaired) electrons. The number of rotatable bonds is 5.